The molecule has 0 bridgehead atoms. The summed E-state index contributed by atoms with van der Waals surface area (Å²) in [5.74, 6) is 0.166. The average molecular weight is 264 g/mol. The molecule has 18 heavy (non-hydrogen) atoms. The third-order valence-electron chi connectivity index (χ3n) is 3.11. The van der Waals surface area contributed by atoms with Gasteiger partial charge in [-0.25, -0.2) is 0 Å². The van der Waals surface area contributed by atoms with Crippen LogP contribution in [0.25, 0.3) is 0 Å². The lowest BCUT2D eigenvalue weighted by molar-refractivity contribution is -0.132. The molecule has 1 fully saturated rings. The highest BCUT2D eigenvalue weighted by atomic mass is 35.5. The zero-order chi connectivity index (χ0) is 13.1. The number of piperidine rings is 1. The molecule has 1 aliphatic heterocycles. The smallest absolute Gasteiger partial charge is 0.222 e. The van der Waals surface area contributed by atoms with E-state index in [2.05, 4.69) is 11.4 Å². The summed E-state index contributed by atoms with van der Waals surface area (Å²) in [6.07, 6.45) is 1.32. The summed E-state index contributed by atoms with van der Waals surface area (Å²) in [7, 11) is 1.79. The molecule has 1 aliphatic rings. The number of hydrogen-bond acceptors (Lipinski definition) is 3. The maximum atomic E-state index is 11.4. The molecule has 1 aromatic carbocycles. The van der Waals surface area contributed by atoms with Gasteiger partial charge in [-0.15, -0.1) is 0 Å². The van der Waals surface area contributed by atoms with Crippen molar-refractivity contribution in [2.75, 3.05) is 18.9 Å². The van der Waals surface area contributed by atoms with Gasteiger partial charge in [-0.2, -0.15) is 5.26 Å². The number of carbonyl (C=O) groups excluding carboxylic acids is 1. The number of carbonyl (C=O) groups is 1. The number of halogens is 1. The highest BCUT2D eigenvalue weighted by molar-refractivity contribution is 6.32. The standard InChI is InChI=1S/C13H14ClN3O/c1-17-8-9(5-6-13(17)18)16-12-4-2-3-11(14)10(12)7-15/h2-4,9,16H,5-6,8H2,1H3. The summed E-state index contributed by atoms with van der Waals surface area (Å²) in [6, 6.07) is 7.60. The third kappa shape index (κ3) is 2.57. The fourth-order valence-electron chi connectivity index (χ4n) is 2.11. The summed E-state index contributed by atoms with van der Waals surface area (Å²) in [6.45, 7) is 0.649. The maximum absolute atomic E-state index is 11.4. The van der Waals surface area contributed by atoms with Crippen molar-refractivity contribution in [1.82, 2.24) is 4.90 Å². The Morgan fingerprint density at radius 3 is 3.00 bits per heavy atom. The van der Waals surface area contributed by atoms with E-state index in [-0.39, 0.29) is 11.9 Å². The number of likely N-dealkylation sites (N-methyl/N-ethyl adjacent to an activating group) is 1. The molecule has 4 nitrogen and oxygen atoms in total. The summed E-state index contributed by atoms with van der Waals surface area (Å²) in [4.78, 5) is 13.1. The van der Waals surface area contributed by atoms with Crippen molar-refractivity contribution in [2.24, 2.45) is 0 Å². The quantitative estimate of drug-likeness (QED) is 0.890. The fraction of sp³-hybridized carbons (Fsp3) is 0.385. The molecular weight excluding hydrogens is 250 g/mol. The summed E-state index contributed by atoms with van der Waals surface area (Å²) in [5.41, 5.74) is 1.19. The summed E-state index contributed by atoms with van der Waals surface area (Å²) < 4.78 is 0. The molecule has 0 saturated carbocycles. The molecule has 1 saturated heterocycles. The van der Waals surface area contributed by atoms with Crippen molar-refractivity contribution in [3.63, 3.8) is 0 Å². The summed E-state index contributed by atoms with van der Waals surface area (Å²) in [5, 5.41) is 12.8. The van der Waals surface area contributed by atoms with E-state index in [1.165, 1.54) is 0 Å². The Labute approximate surface area is 111 Å². The van der Waals surface area contributed by atoms with Gasteiger partial charge in [0.2, 0.25) is 5.91 Å². The first kappa shape index (κ1) is 12.7. The minimum absolute atomic E-state index is 0.165. The van der Waals surface area contributed by atoms with Crippen LogP contribution in [0.5, 0.6) is 0 Å². The van der Waals surface area contributed by atoms with E-state index in [1.54, 1.807) is 18.0 Å². The Morgan fingerprint density at radius 2 is 2.33 bits per heavy atom. The van der Waals surface area contributed by atoms with Crippen LogP contribution in [0.3, 0.4) is 0 Å². The third-order valence-corrected chi connectivity index (χ3v) is 3.43. The molecule has 5 heteroatoms. The van der Waals surface area contributed by atoms with Crippen molar-refractivity contribution in [2.45, 2.75) is 18.9 Å². The minimum Gasteiger partial charge on any atom is -0.379 e. The van der Waals surface area contributed by atoms with Crippen LogP contribution in [-0.4, -0.2) is 30.4 Å². The van der Waals surface area contributed by atoms with Gasteiger partial charge >= 0.3 is 0 Å². The fourth-order valence-corrected chi connectivity index (χ4v) is 2.32. The number of likely N-dealkylation sites (tertiary alicyclic amines) is 1. The largest absolute Gasteiger partial charge is 0.379 e. The molecule has 1 heterocycles. The van der Waals surface area contributed by atoms with E-state index >= 15 is 0 Å². The number of hydrogen-bond donors (Lipinski definition) is 1. The lowest BCUT2D eigenvalue weighted by Gasteiger charge is -2.31. The SMILES string of the molecule is CN1CC(Nc2cccc(Cl)c2C#N)CCC1=O. The van der Waals surface area contributed by atoms with E-state index in [0.717, 1.165) is 12.1 Å². The Balaban J connectivity index is 2.13. The molecule has 1 atom stereocenters. The van der Waals surface area contributed by atoms with Crippen molar-refractivity contribution < 1.29 is 4.79 Å². The van der Waals surface area contributed by atoms with Gasteiger partial charge in [0.25, 0.3) is 0 Å². The molecule has 94 valence electrons. The van der Waals surface area contributed by atoms with Crippen molar-refractivity contribution in [3.8, 4) is 6.07 Å². The molecule has 2 rings (SSSR count). The Bertz CT molecular complexity index is 509. The van der Waals surface area contributed by atoms with E-state index in [4.69, 9.17) is 16.9 Å². The number of anilines is 1. The highest BCUT2D eigenvalue weighted by Gasteiger charge is 2.23. The molecule has 0 radical (unpaired) electrons. The van der Waals surface area contributed by atoms with E-state index in [9.17, 15) is 4.79 Å². The van der Waals surface area contributed by atoms with Crippen LogP contribution in [0.2, 0.25) is 5.02 Å². The van der Waals surface area contributed by atoms with Crippen LogP contribution >= 0.6 is 11.6 Å². The van der Waals surface area contributed by atoms with Crippen LogP contribution < -0.4 is 5.32 Å². The van der Waals surface area contributed by atoms with Crippen LogP contribution in [0.4, 0.5) is 5.69 Å². The van der Waals surface area contributed by atoms with E-state index < -0.39 is 0 Å². The van der Waals surface area contributed by atoms with Crippen LogP contribution in [0, 0.1) is 11.3 Å². The maximum Gasteiger partial charge on any atom is 0.222 e. The van der Waals surface area contributed by atoms with Gasteiger partial charge in [-0.05, 0) is 18.6 Å². The predicted molar refractivity (Wildman–Crippen MR) is 70.4 cm³/mol. The first-order valence-corrected chi connectivity index (χ1v) is 6.18. The molecule has 0 aliphatic carbocycles. The molecule has 1 aromatic rings. The van der Waals surface area contributed by atoms with Crippen molar-refractivity contribution >= 4 is 23.2 Å². The van der Waals surface area contributed by atoms with Crippen molar-refractivity contribution in [1.29, 1.82) is 5.26 Å². The average Bonchev–Trinajstić information content (AvgIpc) is 2.34. The van der Waals surface area contributed by atoms with Crippen LogP contribution in [-0.2, 0) is 4.79 Å². The Morgan fingerprint density at radius 1 is 1.56 bits per heavy atom. The minimum atomic E-state index is 0.165. The van der Waals surface area contributed by atoms with Gasteiger partial charge in [0, 0.05) is 26.1 Å². The van der Waals surface area contributed by atoms with E-state index in [0.29, 0.717) is 23.6 Å². The highest BCUT2D eigenvalue weighted by Crippen LogP contribution is 2.25. The van der Waals surface area contributed by atoms with Crippen molar-refractivity contribution in [3.05, 3.63) is 28.8 Å². The zero-order valence-corrected chi connectivity index (χ0v) is 10.9. The molecule has 1 amide bonds. The molecule has 0 aromatic heterocycles. The normalized spacial score (nSPS) is 19.5. The van der Waals surface area contributed by atoms with Gasteiger partial charge in [-0.1, -0.05) is 17.7 Å². The van der Waals surface area contributed by atoms with E-state index in [1.807, 2.05) is 12.1 Å². The first-order valence-electron chi connectivity index (χ1n) is 5.81. The Kier molecular flexibility index (Phi) is 3.73. The Hall–Kier alpha value is -1.73. The monoisotopic (exact) mass is 263 g/mol. The second-order valence-electron chi connectivity index (χ2n) is 4.43. The number of nitrogens with one attached hydrogen (secondary N) is 1. The molecular formula is C13H14ClN3O. The topological polar surface area (TPSA) is 56.1 Å². The second kappa shape index (κ2) is 5.28. The molecule has 1 N–H and O–H groups in total. The molecule has 1 unspecified atom stereocenters. The second-order valence-corrected chi connectivity index (χ2v) is 4.84. The lowest BCUT2D eigenvalue weighted by atomic mass is 10.0. The number of rotatable bonds is 2. The lowest BCUT2D eigenvalue weighted by Crippen LogP contribution is -2.43. The predicted octanol–water partition coefficient (Wildman–Crippen LogP) is 2.24. The first-order chi connectivity index (χ1) is 8.61. The van der Waals surface area contributed by atoms with Crippen LogP contribution in [0.15, 0.2) is 18.2 Å². The number of amides is 1. The molecule has 0 spiro atoms. The van der Waals surface area contributed by atoms with Gasteiger partial charge < -0.3 is 10.2 Å². The number of nitrogens with zero attached hydrogens (tertiary/aromatic N) is 2. The summed E-state index contributed by atoms with van der Waals surface area (Å²) >= 11 is 5.97. The van der Waals surface area contributed by atoms with Gasteiger partial charge in [0.1, 0.15) is 6.07 Å². The van der Waals surface area contributed by atoms with Gasteiger partial charge in [0.05, 0.1) is 16.3 Å². The zero-order valence-electron chi connectivity index (χ0n) is 10.1. The van der Waals surface area contributed by atoms with Gasteiger partial charge in [0.15, 0.2) is 0 Å². The van der Waals surface area contributed by atoms with Crippen LogP contribution in [0.1, 0.15) is 18.4 Å². The number of benzene rings is 1. The number of nitriles is 1. The van der Waals surface area contributed by atoms with Gasteiger partial charge in [-0.3, -0.25) is 4.79 Å².